The number of allylic oxidation sites excluding steroid dienone is 2. The number of likely N-dealkylation sites (tertiary alicyclic amines) is 1. The molecule has 46 heavy (non-hydrogen) atoms. The first-order valence-electron chi connectivity index (χ1n) is 15.2. The Balaban J connectivity index is 1.46. The van der Waals surface area contributed by atoms with Crippen LogP contribution >= 0.6 is 23.2 Å². The van der Waals surface area contributed by atoms with Crippen LogP contribution in [0.25, 0.3) is 0 Å². The van der Waals surface area contributed by atoms with E-state index in [4.69, 9.17) is 27.9 Å². The fraction of sp³-hybridized carbons (Fsp3) is 0.314. The van der Waals surface area contributed by atoms with Crippen molar-refractivity contribution in [1.29, 1.82) is 0 Å². The quantitative estimate of drug-likeness (QED) is 0.257. The molecule has 3 aromatic carbocycles. The number of halogens is 2. The van der Waals surface area contributed by atoms with Gasteiger partial charge in [-0.25, -0.2) is 0 Å². The molecule has 2 saturated heterocycles. The highest BCUT2D eigenvalue weighted by molar-refractivity contribution is 6.36. The standard InChI is InChI=1S/C35H31Cl2N3O6/c1-3-39-31(42)24-13-12-23-25(29(24)33(39)44)17-26-32(43)40(38-28-14-9-20(36)16-27(28)37)34(45)35(26,19-7-10-22(46-2)11-8-19)30(23)18-5-4-6-21(41)15-18/h4-12,14-16,24-26,29-30,38,41H,3,13,17H2,1-2H3. The Bertz CT molecular complexity index is 1830. The van der Waals surface area contributed by atoms with Crippen molar-refractivity contribution in [2.75, 3.05) is 19.1 Å². The molecule has 2 heterocycles. The molecule has 4 aliphatic rings. The van der Waals surface area contributed by atoms with Crippen molar-refractivity contribution in [2.45, 2.75) is 31.1 Å². The molecule has 236 valence electrons. The molecule has 0 bridgehead atoms. The summed E-state index contributed by atoms with van der Waals surface area (Å²) in [6.45, 7) is 2.04. The van der Waals surface area contributed by atoms with Gasteiger partial charge in [-0.15, -0.1) is 0 Å². The lowest BCUT2D eigenvalue weighted by atomic mass is 9.49. The van der Waals surface area contributed by atoms with Crippen molar-refractivity contribution >= 4 is 52.5 Å². The summed E-state index contributed by atoms with van der Waals surface area (Å²) in [5.41, 5.74) is 3.83. The number of phenolic OH excluding ortho intramolecular Hbond substituents is 1. The number of methoxy groups -OCH3 is 1. The summed E-state index contributed by atoms with van der Waals surface area (Å²) in [6, 6.07) is 18.5. The number of benzene rings is 3. The number of rotatable bonds is 6. The van der Waals surface area contributed by atoms with Crippen molar-refractivity contribution in [1.82, 2.24) is 9.91 Å². The maximum atomic E-state index is 15.1. The van der Waals surface area contributed by atoms with E-state index in [0.717, 1.165) is 10.6 Å². The molecule has 0 radical (unpaired) electrons. The number of hydrogen-bond donors (Lipinski definition) is 2. The van der Waals surface area contributed by atoms with Gasteiger partial charge in [-0.3, -0.25) is 29.5 Å². The van der Waals surface area contributed by atoms with E-state index < -0.39 is 46.8 Å². The zero-order valence-corrected chi connectivity index (χ0v) is 26.6. The van der Waals surface area contributed by atoms with Gasteiger partial charge in [-0.2, -0.15) is 5.01 Å². The van der Waals surface area contributed by atoms with Gasteiger partial charge in [-0.05, 0) is 79.3 Å². The number of amides is 4. The highest BCUT2D eigenvalue weighted by Crippen LogP contribution is 2.64. The fourth-order valence-electron chi connectivity index (χ4n) is 8.30. The maximum Gasteiger partial charge on any atom is 0.260 e. The summed E-state index contributed by atoms with van der Waals surface area (Å²) < 4.78 is 5.42. The van der Waals surface area contributed by atoms with Gasteiger partial charge in [0.2, 0.25) is 11.8 Å². The number of phenols is 1. The predicted octanol–water partition coefficient (Wildman–Crippen LogP) is 5.71. The Morgan fingerprint density at radius 1 is 0.957 bits per heavy atom. The topological polar surface area (TPSA) is 116 Å². The molecule has 2 N–H and O–H groups in total. The number of ether oxygens (including phenoxy) is 1. The van der Waals surface area contributed by atoms with Crippen molar-refractivity contribution < 1.29 is 29.0 Å². The molecule has 0 spiro atoms. The molecule has 1 saturated carbocycles. The number of carbonyl (C=O) groups is 4. The summed E-state index contributed by atoms with van der Waals surface area (Å²) in [4.78, 5) is 58.2. The van der Waals surface area contributed by atoms with E-state index in [9.17, 15) is 19.5 Å². The second-order valence-electron chi connectivity index (χ2n) is 12.2. The van der Waals surface area contributed by atoms with Gasteiger partial charge in [0.25, 0.3) is 11.8 Å². The van der Waals surface area contributed by atoms with Crippen LogP contribution in [-0.4, -0.2) is 52.3 Å². The van der Waals surface area contributed by atoms with Crippen LogP contribution in [0.15, 0.2) is 78.4 Å². The molecule has 9 nitrogen and oxygen atoms in total. The van der Waals surface area contributed by atoms with Gasteiger partial charge >= 0.3 is 0 Å². The minimum absolute atomic E-state index is 0.000631. The predicted molar refractivity (Wildman–Crippen MR) is 171 cm³/mol. The molecule has 7 rings (SSSR count). The number of anilines is 1. The Morgan fingerprint density at radius 2 is 1.72 bits per heavy atom. The van der Waals surface area contributed by atoms with Gasteiger partial charge in [0, 0.05) is 17.5 Å². The van der Waals surface area contributed by atoms with E-state index in [1.54, 1.807) is 68.6 Å². The number of imide groups is 2. The van der Waals surface area contributed by atoms with Crippen LogP contribution in [0.2, 0.25) is 10.0 Å². The highest BCUT2D eigenvalue weighted by atomic mass is 35.5. The number of hydrazine groups is 1. The summed E-state index contributed by atoms with van der Waals surface area (Å²) in [5, 5.41) is 12.3. The lowest BCUT2D eigenvalue weighted by Gasteiger charge is -2.50. The van der Waals surface area contributed by atoms with E-state index in [1.165, 1.54) is 11.0 Å². The zero-order chi connectivity index (χ0) is 32.5. The third kappa shape index (κ3) is 4.28. The number of hydrogen-bond acceptors (Lipinski definition) is 7. The molecule has 2 aliphatic heterocycles. The molecule has 6 unspecified atom stereocenters. The van der Waals surface area contributed by atoms with Gasteiger partial charge in [-0.1, -0.05) is 59.1 Å². The van der Waals surface area contributed by atoms with E-state index in [1.807, 2.05) is 12.1 Å². The Morgan fingerprint density at radius 3 is 2.39 bits per heavy atom. The summed E-state index contributed by atoms with van der Waals surface area (Å²) in [6.07, 6.45) is 2.49. The third-order valence-corrected chi connectivity index (χ3v) is 10.7. The number of carbonyl (C=O) groups excluding carboxylic acids is 4. The average Bonchev–Trinajstić information content (AvgIpc) is 3.42. The molecule has 0 aromatic heterocycles. The Labute approximate surface area is 275 Å². The number of nitrogens with one attached hydrogen (secondary N) is 1. The van der Waals surface area contributed by atoms with Crippen LogP contribution in [0.5, 0.6) is 11.5 Å². The van der Waals surface area contributed by atoms with Gasteiger partial charge in [0.05, 0.1) is 41.0 Å². The van der Waals surface area contributed by atoms with Crippen molar-refractivity contribution in [3.63, 3.8) is 0 Å². The Kier molecular flexibility index (Phi) is 7.36. The van der Waals surface area contributed by atoms with Gasteiger partial charge in [0.15, 0.2) is 0 Å². The van der Waals surface area contributed by atoms with E-state index in [2.05, 4.69) is 5.43 Å². The van der Waals surface area contributed by atoms with Gasteiger partial charge in [0.1, 0.15) is 11.5 Å². The molecule has 4 amide bonds. The van der Waals surface area contributed by atoms with Crippen LogP contribution in [0.3, 0.4) is 0 Å². The minimum Gasteiger partial charge on any atom is -0.508 e. The van der Waals surface area contributed by atoms with Crippen LogP contribution < -0.4 is 10.2 Å². The second kappa shape index (κ2) is 11.2. The summed E-state index contributed by atoms with van der Waals surface area (Å²) in [5.74, 6) is -4.22. The molecular weight excluding hydrogens is 629 g/mol. The molecule has 3 fully saturated rings. The van der Waals surface area contributed by atoms with Crippen LogP contribution in [0.1, 0.15) is 36.8 Å². The van der Waals surface area contributed by atoms with Crippen molar-refractivity contribution in [2.24, 2.45) is 23.7 Å². The first-order chi connectivity index (χ1) is 22.1. The van der Waals surface area contributed by atoms with E-state index in [0.29, 0.717) is 34.0 Å². The van der Waals surface area contributed by atoms with E-state index >= 15 is 4.79 Å². The third-order valence-electron chi connectivity index (χ3n) is 10.2. The van der Waals surface area contributed by atoms with Crippen molar-refractivity contribution in [3.8, 4) is 11.5 Å². The Hall–Kier alpha value is -4.34. The zero-order valence-electron chi connectivity index (χ0n) is 25.1. The second-order valence-corrected chi connectivity index (χ2v) is 13.1. The molecule has 6 atom stereocenters. The summed E-state index contributed by atoms with van der Waals surface area (Å²) >= 11 is 12.6. The van der Waals surface area contributed by atoms with Crippen LogP contribution in [-0.2, 0) is 24.6 Å². The number of aromatic hydroxyl groups is 1. The lowest BCUT2D eigenvalue weighted by molar-refractivity contribution is -0.141. The van der Waals surface area contributed by atoms with Crippen molar-refractivity contribution in [3.05, 3.63) is 99.6 Å². The monoisotopic (exact) mass is 659 g/mol. The normalized spacial score (nSPS) is 28.5. The fourth-order valence-corrected chi connectivity index (χ4v) is 8.75. The SMILES string of the molecule is CCN1C(=O)C2CC=C3C(CC4C(=O)N(Nc5ccc(Cl)cc5Cl)C(=O)C4(c4ccc(OC)cc4)C3c3cccc(O)c3)C2C1=O. The summed E-state index contributed by atoms with van der Waals surface area (Å²) in [7, 11) is 1.55. The smallest absolute Gasteiger partial charge is 0.260 e. The highest BCUT2D eigenvalue weighted by Gasteiger charge is 2.70. The maximum absolute atomic E-state index is 15.1. The van der Waals surface area contributed by atoms with Crippen LogP contribution in [0, 0.1) is 23.7 Å². The lowest BCUT2D eigenvalue weighted by Crippen LogP contribution is -2.53. The molecule has 3 aromatic rings. The average molecular weight is 661 g/mol. The van der Waals surface area contributed by atoms with E-state index in [-0.39, 0.29) is 35.6 Å². The number of fused-ring (bicyclic) bond motifs is 4. The molecular formula is C35H31Cl2N3O6. The minimum atomic E-state index is -1.48. The van der Waals surface area contributed by atoms with Gasteiger partial charge < -0.3 is 9.84 Å². The molecule has 2 aliphatic carbocycles. The molecule has 11 heteroatoms. The largest absolute Gasteiger partial charge is 0.508 e. The number of nitrogens with zero attached hydrogens (tertiary/aromatic N) is 2. The first kappa shape index (κ1) is 30.3. The first-order valence-corrected chi connectivity index (χ1v) is 16.0. The van der Waals surface area contributed by atoms with Crippen LogP contribution in [0.4, 0.5) is 5.69 Å².